The van der Waals surface area contributed by atoms with Crippen LogP contribution in [0.2, 0.25) is 0 Å². The van der Waals surface area contributed by atoms with E-state index in [2.05, 4.69) is 4.98 Å². The van der Waals surface area contributed by atoms with Crippen molar-refractivity contribution in [2.24, 2.45) is 0 Å². The third-order valence-electron chi connectivity index (χ3n) is 3.79. The number of fused-ring (bicyclic) bond motifs is 1. The highest BCUT2D eigenvalue weighted by molar-refractivity contribution is 7.99. The number of nitrogens with zero attached hydrogens (tertiary/aromatic N) is 3. The number of methoxy groups -OCH3 is 1. The number of aromatic nitrogens is 2. The van der Waals surface area contributed by atoms with Crippen molar-refractivity contribution in [2.45, 2.75) is 25.5 Å². The number of thioether (sulfide) groups is 1. The van der Waals surface area contributed by atoms with Crippen molar-refractivity contribution in [2.75, 3.05) is 32.6 Å². The summed E-state index contributed by atoms with van der Waals surface area (Å²) in [4.78, 5) is 31.3. The van der Waals surface area contributed by atoms with Crippen LogP contribution < -0.4 is 5.56 Å². The lowest BCUT2D eigenvalue weighted by molar-refractivity contribution is -0.127. The average Bonchev–Trinajstić information content (AvgIpc) is 2.60. The largest absolute Gasteiger partial charge is 0.383 e. The van der Waals surface area contributed by atoms with Crippen molar-refractivity contribution in [3.05, 3.63) is 34.6 Å². The number of ether oxygens (including phenoxy) is 1. The zero-order chi connectivity index (χ0) is 17.5. The fourth-order valence-corrected chi connectivity index (χ4v) is 3.36. The first-order chi connectivity index (χ1) is 11.6. The third-order valence-corrected chi connectivity index (χ3v) is 4.75. The van der Waals surface area contributed by atoms with Crippen LogP contribution in [0.15, 0.2) is 34.2 Å². The maximum absolute atomic E-state index is 12.7. The third kappa shape index (κ3) is 4.15. The Hall–Kier alpha value is -1.86. The van der Waals surface area contributed by atoms with Crippen molar-refractivity contribution in [1.29, 1.82) is 0 Å². The van der Waals surface area contributed by atoms with Gasteiger partial charge < -0.3 is 9.64 Å². The molecule has 0 radical (unpaired) electrons. The van der Waals surface area contributed by atoms with Crippen LogP contribution in [0.4, 0.5) is 0 Å². The molecule has 0 atom stereocenters. The maximum atomic E-state index is 12.7. The minimum atomic E-state index is -0.101. The summed E-state index contributed by atoms with van der Waals surface area (Å²) in [5.41, 5.74) is 0.546. The van der Waals surface area contributed by atoms with Gasteiger partial charge in [-0.3, -0.25) is 14.2 Å². The quantitative estimate of drug-likeness (QED) is 0.539. The van der Waals surface area contributed by atoms with Gasteiger partial charge in [-0.2, -0.15) is 0 Å². The number of hydrogen-bond acceptors (Lipinski definition) is 5. The molecular weight excluding hydrogens is 326 g/mol. The molecule has 24 heavy (non-hydrogen) atoms. The van der Waals surface area contributed by atoms with Crippen LogP contribution in [0.25, 0.3) is 10.9 Å². The van der Waals surface area contributed by atoms with Gasteiger partial charge in [-0.25, -0.2) is 4.98 Å². The van der Waals surface area contributed by atoms with Gasteiger partial charge in [0.25, 0.3) is 5.56 Å². The van der Waals surface area contributed by atoms with E-state index in [0.717, 1.165) is 0 Å². The normalized spacial score (nSPS) is 11.0. The van der Waals surface area contributed by atoms with Gasteiger partial charge in [0, 0.05) is 20.2 Å². The van der Waals surface area contributed by atoms with Gasteiger partial charge in [0.05, 0.1) is 29.8 Å². The van der Waals surface area contributed by atoms with E-state index in [1.807, 2.05) is 32.0 Å². The number of carbonyl (C=O) groups excluding carboxylic acids is 1. The van der Waals surface area contributed by atoms with Gasteiger partial charge in [0.1, 0.15) is 0 Å². The number of hydrogen-bond donors (Lipinski definition) is 0. The Labute approximate surface area is 145 Å². The molecule has 0 aliphatic heterocycles. The predicted octanol–water partition coefficient (Wildman–Crippen LogP) is 2.00. The number of rotatable bonds is 8. The fourth-order valence-electron chi connectivity index (χ4n) is 2.43. The Morgan fingerprint density at radius 3 is 2.67 bits per heavy atom. The molecule has 130 valence electrons. The predicted molar refractivity (Wildman–Crippen MR) is 96.5 cm³/mol. The second-order valence-corrected chi connectivity index (χ2v) is 6.16. The van der Waals surface area contributed by atoms with Gasteiger partial charge in [-0.1, -0.05) is 23.9 Å². The van der Waals surface area contributed by atoms with Gasteiger partial charge in [0.2, 0.25) is 5.91 Å². The summed E-state index contributed by atoms with van der Waals surface area (Å²) in [6.45, 7) is 6.09. The molecule has 0 N–H and O–H groups in total. The Balaban J connectivity index is 2.33. The van der Waals surface area contributed by atoms with E-state index in [-0.39, 0.29) is 17.2 Å². The van der Waals surface area contributed by atoms with Crippen molar-refractivity contribution in [3.8, 4) is 0 Å². The molecule has 1 aromatic carbocycles. The second kappa shape index (κ2) is 8.84. The van der Waals surface area contributed by atoms with Crippen LogP contribution in [-0.2, 0) is 16.1 Å². The molecule has 1 amide bonds. The molecule has 7 heteroatoms. The molecular formula is C17H23N3O3S. The minimum Gasteiger partial charge on any atom is -0.383 e. The van der Waals surface area contributed by atoms with Gasteiger partial charge >= 0.3 is 0 Å². The number of benzene rings is 1. The molecule has 2 aromatic rings. The standard InChI is InChI=1S/C17H23N3O3S/c1-4-19(5-2)15(21)12-24-17-18-14-9-7-6-8-13(14)16(22)20(17)10-11-23-3/h6-9H,4-5,10-12H2,1-3H3. The minimum absolute atomic E-state index is 0.0469. The van der Waals surface area contributed by atoms with Gasteiger partial charge in [-0.15, -0.1) is 0 Å². The summed E-state index contributed by atoms with van der Waals surface area (Å²) < 4.78 is 6.68. The second-order valence-electron chi connectivity index (χ2n) is 5.22. The molecule has 0 spiro atoms. The molecule has 0 bridgehead atoms. The van der Waals surface area contributed by atoms with Crippen molar-refractivity contribution >= 4 is 28.6 Å². The van der Waals surface area contributed by atoms with Crippen molar-refractivity contribution in [1.82, 2.24) is 14.5 Å². The Morgan fingerprint density at radius 1 is 1.29 bits per heavy atom. The van der Waals surface area contributed by atoms with Crippen LogP contribution in [0.1, 0.15) is 13.8 Å². The van der Waals surface area contributed by atoms with E-state index in [1.54, 1.807) is 22.6 Å². The smallest absolute Gasteiger partial charge is 0.262 e. The monoisotopic (exact) mass is 349 g/mol. The highest BCUT2D eigenvalue weighted by Gasteiger charge is 2.15. The van der Waals surface area contributed by atoms with Crippen LogP contribution in [0, 0.1) is 0 Å². The Morgan fingerprint density at radius 2 is 2.00 bits per heavy atom. The lowest BCUT2D eigenvalue weighted by atomic mass is 10.2. The number of amides is 1. The first kappa shape index (κ1) is 18.5. The molecule has 1 aromatic heterocycles. The molecule has 6 nitrogen and oxygen atoms in total. The zero-order valence-electron chi connectivity index (χ0n) is 14.3. The summed E-state index contributed by atoms with van der Waals surface area (Å²) in [7, 11) is 1.59. The van der Waals surface area contributed by atoms with E-state index in [4.69, 9.17) is 4.74 Å². The molecule has 0 aliphatic rings. The Bertz CT molecular complexity index is 756. The maximum Gasteiger partial charge on any atom is 0.262 e. The van der Waals surface area contributed by atoms with E-state index in [0.29, 0.717) is 42.3 Å². The molecule has 0 saturated heterocycles. The zero-order valence-corrected chi connectivity index (χ0v) is 15.1. The first-order valence-electron chi connectivity index (χ1n) is 8.01. The molecule has 0 saturated carbocycles. The van der Waals surface area contributed by atoms with Gasteiger partial charge in [0.15, 0.2) is 5.16 Å². The first-order valence-corrected chi connectivity index (χ1v) is 9.00. The summed E-state index contributed by atoms with van der Waals surface area (Å²) in [5, 5.41) is 1.13. The van der Waals surface area contributed by atoms with Crippen molar-refractivity contribution in [3.63, 3.8) is 0 Å². The SMILES string of the molecule is CCN(CC)C(=O)CSc1nc2ccccc2c(=O)n1CCOC. The van der Waals surface area contributed by atoms with Crippen molar-refractivity contribution < 1.29 is 9.53 Å². The lowest BCUT2D eigenvalue weighted by Crippen LogP contribution is -2.32. The highest BCUT2D eigenvalue weighted by Crippen LogP contribution is 2.18. The summed E-state index contributed by atoms with van der Waals surface area (Å²) in [6.07, 6.45) is 0. The fraction of sp³-hybridized carbons (Fsp3) is 0.471. The van der Waals surface area contributed by atoms with E-state index < -0.39 is 0 Å². The summed E-state index contributed by atoms with van der Waals surface area (Å²) >= 11 is 1.30. The number of para-hydroxylation sites is 1. The van der Waals surface area contributed by atoms with Gasteiger partial charge in [-0.05, 0) is 26.0 Å². The Kier molecular flexibility index (Phi) is 6.81. The summed E-state index contributed by atoms with van der Waals surface area (Å²) in [5.74, 6) is 0.310. The molecule has 0 unspecified atom stereocenters. The lowest BCUT2D eigenvalue weighted by Gasteiger charge is -2.19. The van der Waals surface area contributed by atoms with Crippen LogP contribution in [-0.4, -0.2) is 52.9 Å². The molecule has 0 aliphatic carbocycles. The highest BCUT2D eigenvalue weighted by atomic mass is 32.2. The number of carbonyl (C=O) groups is 1. The summed E-state index contributed by atoms with van der Waals surface area (Å²) in [6, 6.07) is 7.25. The van der Waals surface area contributed by atoms with Crippen LogP contribution in [0.3, 0.4) is 0 Å². The average molecular weight is 349 g/mol. The topological polar surface area (TPSA) is 64.4 Å². The molecule has 0 fully saturated rings. The molecule has 2 rings (SSSR count). The van der Waals surface area contributed by atoms with E-state index >= 15 is 0 Å². The van der Waals surface area contributed by atoms with E-state index in [9.17, 15) is 9.59 Å². The van der Waals surface area contributed by atoms with E-state index in [1.165, 1.54) is 11.8 Å². The van der Waals surface area contributed by atoms with Crippen LogP contribution >= 0.6 is 11.8 Å². The van der Waals surface area contributed by atoms with Crippen LogP contribution in [0.5, 0.6) is 0 Å². The molecule has 1 heterocycles.